The monoisotopic (exact) mass is 366 g/mol. The Hall–Kier alpha value is -3.41. The summed E-state index contributed by atoms with van der Waals surface area (Å²) in [7, 11) is 0. The lowest BCUT2D eigenvalue weighted by Crippen LogP contribution is -2.07. The molecule has 26 heavy (non-hydrogen) atoms. The number of nitrogens with zero attached hydrogens (tertiary/aromatic N) is 4. The van der Waals surface area contributed by atoms with Gasteiger partial charge < -0.3 is 22.5 Å². The van der Waals surface area contributed by atoms with E-state index in [1.165, 1.54) is 0 Å². The van der Waals surface area contributed by atoms with Crippen LogP contribution in [-0.2, 0) is 6.54 Å². The molecule has 0 aliphatic rings. The van der Waals surface area contributed by atoms with Crippen LogP contribution >= 0.6 is 11.6 Å². The number of halogens is 1. The molecule has 0 fully saturated rings. The number of anilines is 4. The van der Waals surface area contributed by atoms with Gasteiger partial charge in [-0.05, 0) is 29.8 Å². The molecule has 0 amide bonds. The summed E-state index contributed by atoms with van der Waals surface area (Å²) in [6, 6.07) is 12.3. The van der Waals surface area contributed by atoms with Gasteiger partial charge in [0.1, 0.15) is 6.07 Å². The molecule has 0 unspecified atom stereocenters. The molecule has 0 aliphatic heterocycles. The first-order valence-corrected chi connectivity index (χ1v) is 7.95. The minimum Gasteiger partial charge on any atom is -0.398 e. The van der Waals surface area contributed by atoms with Gasteiger partial charge in [0, 0.05) is 17.8 Å². The Bertz CT molecular complexity index is 1010. The average Bonchev–Trinajstić information content (AvgIpc) is 2.61. The molecule has 3 aromatic rings. The van der Waals surface area contributed by atoms with Gasteiger partial charge in [0.15, 0.2) is 5.82 Å². The molecule has 0 saturated heterocycles. The molecule has 9 heteroatoms. The molecule has 1 heterocycles. The summed E-state index contributed by atoms with van der Waals surface area (Å²) in [6.45, 7) is 0.274. The maximum absolute atomic E-state index is 8.95. The Morgan fingerprint density at radius 1 is 1.12 bits per heavy atom. The summed E-state index contributed by atoms with van der Waals surface area (Å²) in [4.78, 5) is 12.6. The number of nitrogens with one attached hydrogen (secondary N) is 1. The first-order valence-electron chi connectivity index (χ1n) is 7.58. The summed E-state index contributed by atoms with van der Waals surface area (Å²) in [5.74, 6) is 0.564. The van der Waals surface area contributed by atoms with Crippen molar-refractivity contribution in [2.45, 2.75) is 6.54 Å². The highest BCUT2D eigenvalue weighted by atomic mass is 35.5. The van der Waals surface area contributed by atoms with E-state index in [1.807, 2.05) is 12.1 Å². The second-order valence-electron chi connectivity index (χ2n) is 5.36. The third-order valence-corrected chi connectivity index (χ3v) is 3.94. The largest absolute Gasteiger partial charge is 0.398 e. The fraction of sp³-hybridized carbons (Fsp3) is 0.0588. The molecule has 0 bridgehead atoms. The molecule has 3 rings (SSSR count). The fourth-order valence-corrected chi connectivity index (χ4v) is 2.70. The zero-order valence-corrected chi connectivity index (χ0v) is 14.3. The van der Waals surface area contributed by atoms with Crippen molar-refractivity contribution in [2.75, 3.05) is 16.8 Å². The highest BCUT2D eigenvalue weighted by Crippen LogP contribution is 2.30. The first kappa shape index (κ1) is 17.4. The second kappa shape index (κ2) is 7.23. The van der Waals surface area contributed by atoms with Crippen molar-refractivity contribution in [1.82, 2.24) is 15.0 Å². The second-order valence-corrected chi connectivity index (χ2v) is 5.76. The molecule has 0 atom stereocenters. The highest BCUT2D eigenvalue weighted by molar-refractivity contribution is 6.33. The summed E-state index contributed by atoms with van der Waals surface area (Å²) in [6.07, 6.45) is 0. The van der Waals surface area contributed by atoms with Crippen LogP contribution < -0.4 is 22.5 Å². The van der Waals surface area contributed by atoms with Gasteiger partial charge in [0.05, 0.1) is 16.3 Å². The van der Waals surface area contributed by atoms with Crippen molar-refractivity contribution >= 4 is 34.9 Å². The SMILES string of the molecule is N#Cc1ccc(Nc2nc(N)nc(-c3c(Cl)cccc3CN)n2)cc1N. The summed E-state index contributed by atoms with van der Waals surface area (Å²) in [5.41, 5.74) is 20.2. The van der Waals surface area contributed by atoms with Crippen molar-refractivity contribution in [3.63, 3.8) is 0 Å². The summed E-state index contributed by atoms with van der Waals surface area (Å²) < 4.78 is 0. The van der Waals surface area contributed by atoms with Crippen molar-refractivity contribution in [1.29, 1.82) is 5.26 Å². The van der Waals surface area contributed by atoms with E-state index in [2.05, 4.69) is 20.3 Å². The van der Waals surface area contributed by atoms with Crippen LogP contribution in [0.15, 0.2) is 36.4 Å². The van der Waals surface area contributed by atoms with E-state index >= 15 is 0 Å². The number of nitrogen functional groups attached to an aromatic ring is 2. The standard InChI is InChI=1S/C17H15ClN8/c18-12-3-1-2-10(8-20)14(12)15-24-16(22)26-17(25-15)23-11-5-4-9(7-19)13(21)6-11/h1-6H,8,20-21H2,(H3,22,23,24,25,26). The quantitative estimate of drug-likeness (QED) is 0.513. The van der Waals surface area contributed by atoms with E-state index in [-0.39, 0.29) is 18.4 Å². The third kappa shape index (κ3) is 3.49. The molecule has 0 spiro atoms. The predicted molar refractivity (Wildman–Crippen MR) is 101 cm³/mol. The third-order valence-electron chi connectivity index (χ3n) is 3.62. The van der Waals surface area contributed by atoms with E-state index < -0.39 is 0 Å². The van der Waals surface area contributed by atoms with E-state index in [1.54, 1.807) is 30.3 Å². The zero-order valence-electron chi connectivity index (χ0n) is 13.6. The van der Waals surface area contributed by atoms with Gasteiger partial charge >= 0.3 is 0 Å². The Morgan fingerprint density at radius 3 is 2.62 bits per heavy atom. The van der Waals surface area contributed by atoms with Crippen LogP contribution in [0.25, 0.3) is 11.4 Å². The fourth-order valence-electron chi connectivity index (χ4n) is 2.42. The van der Waals surface area contributed by atoms with E-state index in [9.17, 15) is 0 Å². The topological polar surface area (TPSA) is 153 Å². The normalized spacial score (nSPS) is 10.3. The van der Waals surface area contributed by atoms with Crippen molar-refractivity contribution < 1.29 is 0 Å². The van der Waals surface area contributed by atoms with Gasteiger partial charge in [-0.15, -0.1) is 0 Å². The molecule has 0 aliphatic carbocycles. The van der Waals surface area contributed by atoms with Crippen LogP contribution in [0.4, 0.5) is 23.3 Å². The van der Waals surface area contributed by atoms with Crippen LogP contribution in [-0.4, -0.2) is 15.0 Å². The maximum Gasteiger partial charge on any atom is 0.232 e. The first-order chi connectivity index (χ1) is 12.5. The zero-order chi connectivity index (χ0) is 18.7. The van der Waals surface area contributed by atoms with Gasteiger partial charge in [-0.3, -0.25) is 0 Å². The maximum atomic E-state index is 8.95. The lowest BCUT2D eigenvalue weighted by Gasteiger charge is -2.11. The number of hydrogen-bond donors (Lipinski definition) is 4. The van der Waals surface area contributed by atoms with Crippen LogP contribution in [0.5, 0.6) is 0 Å². The summed E-state index contributed by atoms with van der Waals surface area (Å²) in [5, 5.41) is 12.4. The Kier molecular flexibility index (Phi) is 4.84. The molecular weight excluding hydrogens is 352 g/mol. The van der Waals surface area contributed by atoms with Crippen LogP contribution in [0.3, 0.4) is 0 Å². The van der Waals surface area contributed by atoms with Gasteiger partial charge in [0.2, 0.25) is 11.9 Å². The molecule has 0 saturated carbocycles. The minimum absolute atomic E-state index is 0.0296. The molecule has 1 aromatic heterocycles. The number of rotatable bonds is 4. The van der Waals surface area contributed by atoms with Gasteiger partial charge in [0.25, 0.3) is 0 Å². The van der Waals surface area contributed by atoms with E-state index in [4.69, 9.17) is 34.1 Å². The molecule has 0 radical (unpaired) electrons. The number of nitrogens with two attached hydrogens (primary N) is 3. The number of hydrogen-bond acceptors (Lipinski definition) is 8. The van der Waals surface area contributed by atoms with Crippen molar-refractivity contribution in [3.8, 4) is 17.5 Å². The van der Waals surface area contributed by atoms with Crippen molar-refractivity contribution in [3.05, 3.63) is 52.5 Å². The smallest absolute Gasteiger partial charge is 0.232 e. The van der Waals surface area contributed by atoms with Gasteiger partial charge in [-0.2, -0.15) is 20.2 Å². The van der Waals surface area contributed by atoms with Gasteiger partial charge in [-0.25, -0.2) is 0 Å². The summed E-state index contributed by atoms with van der Waals surface area (Å²) >= 11 is 6.30. The van der Waals surface area contributed by atoms with Crippen LogP contribution in [0, 0.1) is 11.3 Å². The van der Waals surface area contributed by atoms with E-state index in [0.29, 0.717) is 33.3 Å². The van der Waals surface area contributed by atoms with Crippen LogP contribution in [0.2, 0.25) is 5.02 Å². The molecule has 130 valence electrons. The highest BCUT2D eigenvalue weighted by Gasteiger charge is 2.14. The number of benzene rings is 2. The Morgan fingerprint density at radius 2 is 1.92 bits per heavy atom. The number of aromatic nitrogens is 3. The molecule has 8 nitrogen and oxygen atoms in total. The minimum atomic E-state index is 0.0296. The van der Waals surface area contributed by atoms with Crippen LogP contribution in [0.1, 0.15) is 11.1 Å². The lowest BCUT2D eigenvalue weighted by molar-refractivity contribution is 1.04. The Balaban J connectivity index is 2.02. The molecular formula is C17H15ClN8. The van der Waals surface area contributed by atoms with Gasteiger partial charge in [-0.1, -0.05) is 23.7 Å². The predicted octanol–water partition coefficient (Wildman–Crippen LogP) is 2.43. The lowest BCUT2D eigenvalue weighted by atomic mass is 10.1. The molecule has 2 aromatic carbocycles. The number of nitriles is 1. The average molecular weight is 367 g/mol. The Labute approximate surface area is 154 Å². The van der Waals surface area contributed by atoms with E-state index in [0.717, 1.165) is 5.56 Å². The van der Waals surface area contributed by atoms with Crippen molar-refractivity contribution in [2.24, 2.45) is 5.73 Å². The molecule has 7 N–H and O–H groups in total.